The Kier molecular flexibility index (Phi) is 3.97. The van der Waals surface area contributed by atoms with Crippen LogP contribution < -0.4 is 0 Å². The van der Waals surface area contributed by atoms with E-state index in [0.29, 0.717) is 19.1 Å². The molecule has 98 valence electrons. The molecular weight excluding hydrogens is 294 g/mol. The zero-order valence-electron chi connectivity index (χ0n) is 10.9. The maximum absolute atomic E-state index is 10.3. The third-order valence-corrected chi connectivity index (χ3v) is 3.57. The topological polar surface area (TPSA) is 34.4 Å². The van der Waals surface area contributed by atoms with Crippen LogP contribution in [0.1, 0.15) is 25.5 Å². The number of benzene rings is 1. The van der Waals surface area contributed by atoms with Crippen LogP contribution in [0.3, 0.4) is 0 Å². The summed E-state index contributed by atoms with van der Waals surface area (Å²) in [6, 6.07) is 4.15. The van der Waals surface area contributed by atoms with Gasteiger partial charge in [-0.3, -0.25) is 0 Å². The van der Waals surface area contributed by atoms with Crippen molar-refractivity contribution in [2.24, 2.45) is 0 Å². The molecular formula is C14H18BrNO2. The van der Waals surface area contributed by atoms with Crippen LogP contribution in [-0.2, 0) is 4.74 Å². The van der Waals surface area contributed by atoms with Gasteiger partial charge in [-0.25, -0.2) is 0 Å². The lowest BCUT2D eigenvalue weighted by Crippen LogP contribution is -2.10. The van der Waals surface area contributed by atoms with E-state index >= 15 is 0 Å². The highest BCUT2D eigenvalue weighted by Crippen LogP contribution is 2.34. The number of fused-ring (bicyclic) bond motifs is 1. The van der Waals surface area contributed by atoms with Gasteiger partial charge in [-0.05, 0) is 38.5 Å². The van der Waals surface area contributed by atoms with Gasteiger partial charge < -0.3 is 14.4 Å². The van der Waals surface area contributed by atoms with Crippen molar-refractivity contribution in [3.8, 4) is 5.88 Å². The Morgan fingerprint density at radius 2 is 2.17 bits per heavy atom. The predicted molar refractivity (Wildman–Crippen MR) is 77.2 cm³/mol. The Labute approximate surface area is 115 Å². The number of aromatic nitrogens is 1. The predicted octanol–water partition coefficient (Wildman–Crippen LogP) is 4.02. The van der Waals surface area contributed by atoms with Crippen LogP contribution in [0.15, 0.2) is 22.8 Å². The summed E-state index contributed by atoms with van der Waals surface area (Å²) < 4.78 is 8.32. The van der Waals surface area contributed by atoms with Crippen LogP contribution in [0.2, 0.25) is 0 Å². The first-order valence-electron chi connectivity index (χ1n) is 6.12. The van der Waals surface area contributed by atoms with Gasteiger partial charge in [0.25, 0.3) is 0 Å². The molecule has 0 fully saturated rings. The monoisotopic (exact) mass is 311 g/mol. The summed E-state index contributed by atoms with van der Waals surface area (Å²) in [5, 5.41) is 12.3. The second kappa shape index (κ2) is 5.33. The summed E-state index contributed by atoms with van der Waals surface area (Å²) in [4.78, 5) is 0. The van der Waals surface area contributed by atoms with E-state index in [4.69, 9.17) is 4.74 Å². The van der Waals surface area contributed by atoms with Gasteiger partial charge in [0.2, 0.25) is 0 Å². The van der Waals surface area contributed by atoms with E-state index in [1.807, 2.05) is 43.7 Å². The van der Waals surface area contributed by atoms with Crippen LogP contribution in [-0.4, -0.2) is 22.9 Å². The molecule has 18 heavy (non-hydrogen) atoms. The molecule has 0 saturated carbocycles. The van der Waals surface area contributed by atoms with Gasteiger partial charge in [-0.1, -0.05) is 15.9 Å². The summed E-state index contributed by atoms with van der Waals surface area (Å²) in [6.07, 6.45) is 1.98. The average molecular weight is 312 g/mol. The molecule has 0 spiro atoms. The summed E-state index contributed by atoms with van der Waals surface area (Å²) >= 11 is 3.48. The molecule has 2 aromatic rings. The largest absolute Gasteiger partial charge is 0.494 e. The molecule has 1 atom stereocenters. The number of aromatic hydroxyl groups is 1. The van der Waals surface area contributed by atoms with Gasteiger partial charge in [-0.2, -0.15) is 0 Å². The van der Waals surface area contributed by atoms with E-state index < -0.39 is 0 Å². The minimum Gasteiger partial charge on any atom is -0.494 e. The lowest BCUT2D eigenvalue weighted by atomic mass is 10.1. The minimum atomic E-state index is 0.121. The molecule has 0 aliphatic rings. The molecule has 1 heterocycles. The van der Waals surface area contributed by atoms with Crippen molar-refractivity contribution in [3.05, 3.63) is 28.4 Å². The molecule has 2 rings (SSSR count). The number of nitrogens with zero attached hydrogens (tertiary/aromatic N) is 1. The number of ether oxygens (including phenoxy) is 1. The van der Waals surface area contributed by atoms with Crippen molar-refractivity contribution in [3.63, 3.8) is 0 Å². The zero-order chi connectivity index (χ0) is 13.3. The molecule has 0 radical (unpaired) electrons. The van der Waals surface area contributed by atoms with Crippen LogP contribution >= 0.6 is 15.9 Å². The smallest absolute Gasteiger partial charge is 0.199 e. The number of hydrogen-bond donors (Lipinski definition) is 1. The van der Waals surface area contributed by atoms with Crippen molar-refractivity contribution < 1.29 is 9.84 Å². The van der Waals surface area contributed by atoms with Crippen LogP contribution in [0.5, 0.6) is 5.88 Å². The molecule has 0 saturated heterocycles. The van der Waals surface area contributed by atoms with Crippen molar-refractivity contribution in [2.75, 3.05) is 13.2 Å². The van der Waals surface area contributed by atoms with Gasteiger partial charge in [0.15, 0.2) is 5.88 Å². The van der Waals surface area contributed by atoms with E-state index in [2.05, 4.69) is 15.9 Å². The first-order valence-corrected chi connectivity index (χ1v) is 6.91. The van der Waals surface area contributed by atoms with Gasteiger partial charge in [0.1, 0.15) is 0 Å². The molecule has 3 nitrogen and oxygen atoms in total. The Hall–Kier alpha value is -1.00. The Morgan fingerprint density at radius 3 is 2.83 bits per heavy atom. The molecule has 1 unspecified atom stereocenters. The first kappa shape index (κ1) is 13.4. The lowest BCUT2D eigenvalue weighted by Gasteiger charge is -2.14. The maximum Gasteiger partial charge on any atom is 0.199 e. The van der Waals surface area contributed by atoms with E-state index in [0.717, 1.165) is 20.8 Å². The molecule has 1 aromatic carbocycles. The molecule has 0 bridgehead atoms. The van der Waals surface area contributed by atoms with Crippen molar-refractivity contribution in [2.45, 2.75) is 26.8 Å². The number of halogens is 1. The van der Waals surface area contributed by atoms with Gasteiger partial charge in [0, 0.05) is 28.0 Å². The Morgan fingerprint density at radius 1 is 1.44 bits per heavy atom. The fraction of sp³-hybridized carbons (Fsp3) is 0.429. The van der Waals surface area contributed by atoms with E-state index in [-0.39, 0.29) is 6.04 Å². The second-order valence-corrected chi connectivity index (χ2v) is 5.47. The SMILES string of the molecule is CCOCC(C)n1cc2cc(Br)cc(C)c2c1O. The number of hydrogen-bond acceptors (Lipinski definition) is 2. The standard InChI is InChI=1S/C14H18BrNO2/c1-4-18-8-10(3)16-7-11-6-12(15)5-9(2)13(11)14(16)17/h5-7,10,17H,4,8H2,1-3H3. The van der Waals surface area contributed by atoms with Gasteiger partial charge in [0.05, 0.1) is 12.6 Å². The summed E-state index contributed by atoms with van der Waals surface area (Å²) in [5.74, 6) is 0.321. The zero-order valence-corrected chi connectivity index (χ0v) is 12.5. The molecule has 4 heteroatoms. The van der Waals surface area contributed by atoms with Crippen LogP contribution in [0.4, 0.5) is 0 Å². The van der Waals surface area contributed by atoms with E-state index in [1.54, 1.807) is 0 Å². The van der Waals surface area contributed by atoms with Crippen LogP contribution in [0, 0.1) is 6.92 Å². The number of rotatable bonds is 4. The second-order valence-electron chi connectivity index (χ2n) is 4.56. The quantitative estimate of drug-likeness (QED) is 0.925. The Bertz CT molecular complexity index is 562. The third kappa shape index (κ3) is 2.40. The highest BCUT2D eigenvalue weighted by atomic mass is 79.9. The van der Waals surface area contributed by atoms with Crippen molar-refractivity contribution in [1.29, 1.82) is 0 Å². The van der Waals surface area contributed by atoms with E-state index in [1.165, 1.54) is 0 Å². The molecule has 0 amide bonds. The maximum atomic E-state index is 10.3. The Balaban J connectivity index is 2.47. The highest BCUT2D eigenvalue weighted by Gasteiger charge is 2.15. The average Bonchev–Trinajstić information content (AvgIpc) is 2.63. The molecule has 1 aromatic heterocycles. The summed E-state index contributed by atoms with van der Waals surface area (Å²) in [5.41, 5.74) is 1.07. The minimum absolute atomic E-state index is 0.121. The summed E-state index contributed by atoms with van der Waals surface area (Å²) in [7, 11) is 0. The molecule has 0 aliphatic carbocycles. The first-order chi connectivity index (χ1) is 8.54. The number of aryl methyl sites for hydroxylation is 1. The summed E-state index contributed by atoms with van der Waals surface area (Å²) in [6.45, 7) is 7.31. The lowest BCUT2D eigenvalue weighted by molar-refractivity contribution is 0.116. The highest BCUT2D eigenvalue weighted by molar-refractivity contribution is 9.10. The van der Waals surface area contributed by atoms with Crippen LogP contribution in [0.25, 0.3) is 10.8 Å². The van der Waals surface area contributed by atoms with E-state index in [9.17, 15) is 5.11 Å². The normalized spacial score (nSPS) is 13.1. The van der Waals surface area contributed by atoms with Gasteiger partial charge >= 0.3 is 0 Å². The van der Waals surface area contributed by atoms with Crippen molar-refractivity contribution in [1.82, 2.24) is 4.57 Å². The van der Waals surface area contributed by atoms with Gasteiger partial charge in [-0.15, -0.1) is 0 Å². The fourth-order valence-electron chi connectivity index (χ4n) is 2.22. The molecule has 1 N–H and O–H groups in total. The van der Waals surface area contributed by atoms with Crippen molar-refractivity contribution >= 4 is 26.7 Å². The molecule has 0 aliphatic heterocycles. The third-order valence-electron chi connectivity index (χ3n) is 3.12. The fourth-order valence-corrected chi connectivity index (χ4v) is 2.81.